The first kappa shape index (κ1) is 18.6. The third-order valence-electron chi connectivity index (χ3n) is 5.57. The van der Waals surface area contributed by atoms with Crippen molar-refractivity contribution in [1.29, 1.82) is 5.26 Å². The van der Waals surface area contributed by atoms with E-state index in [2.05, 4.69) is 16.0 Å². The lowest BCUT2D eigenvalue weighted by atomic mass is 10.1. The molecule has 2 aliphatic rings. The summed E-state index contributed by atoms with van der Waals surface area (Å²) in [5.74, 6) is 0.378. The highest BCUT2D eigenvalue weighted by molar-refractivity contribution is 5.84. The molecule has 0 bridgehead atoms. The van der Waals surface area contributed by atoms with Gasteiger partial charge >= 0.3 is 0 Å². The lowest BCUT2D eigenvalue weighted by Gasteiger charge is -2.33. The van der Waals surface area contributed by atoms with Gasteiger partial charge in [-0.2, -0.15) is 5.26 Å². The quantitative estimate of drug-likeness (QED) is 0.813. The number of piperidine rings is 1. The first-order valence-electron chi connectivity index (χ1n) is 9.76. The number of ether oxygens (including phenoxy) is 1. The van der Waals surface area contributed by atoms with E-state index in [1.54, 1.807) is 23.2 Å². The number of nitriles is 1. The number of hydrogen-bond donors (Lipinski definition) is 0. The third-order valence-corrected chi connectivity index (χ3v) is 5.57. The number of hydrogen-bond acceptors (Lipinski definition) is 5. The van der Waals surface area contributed by atoms with Crippen LogP contribution in [0.4, 0.5) is 4.39 Å². The van der Waals surface area contributed by atoms with Gasteiger partial charge in [-0.1, -0.05) is 0 Å². The molecule has 0 aliphatic carbocycles. The molecule has 0 N–H and O–H groups in total. The molecule has 1 aromatic carbocycles. The van der Waals surface area contributed by atoms with E-state index >= 15 is 0 Å². The third kappa shape index (κ3) is 3.92. The summed E-state index contributed by atoms with van der Waals surface area (Å²) in [5.41, 5.74) is 0.708. The van der Waals surface area contributed by atoms with Gasteiger partial charge in [0.2, 0.25) is 5.91 Å². The molecular weight excluding hydrogens is 359 g/mol. The zero-order valence-electron chi connectivity index (χ0n) is 15.7. The van der Waals surface area contributed by atoms with Crippen molar-refractivity contribution in [3.63, 3.8) is 0 Å². The molecule has 1 atom stereocenters. The van der Waals surface area contributed by atoms with Gasteiger partial charge in [0.1, 0.15) is 23.7 Å². The SMILES string of the molecule is N#CC1CCCN1C(=O)CN1CCC(Oc2ccnc3ccc(F)cc23)CC1. The minimum Gasteiger partial charge on any atom is -0.490 e. The Balaban J connectivity index is 1.33. The zero-order valence-corrected chi connectivity index (χ0v) is 15.7. The van der Waals surface area contributed by atoms with Crippen LogP contribution >= 0.6 is 0 Å². The summed E-state index contributed by atoms with van der Waals surface area (Å²) >= 11 is 0. The van der Waals surface area contributed by atoms with E-state index in [0.29, 0.717) is 29.7 Å². The van der Waals surface area contributed by atoms with Crippen molar-refractivity contribution in [2.45, 2.75) is 37.8 Å². The number of likely N-dealkylation sites (tertiary alicyclic amines) is 2. The fourth-order valence-electron chi connectivity index (χ4n) is 4.04. The van der Waals surface area contributed by atoms with Gasteiger partial charge in [0, 0.05) is 31.2 Å². The first-order valence-corrected chi connectivity index (χ1v) is 9.76. The summed E-state index contributed by atoms with van der Waals surface area (Å²) in [6, 6.07) is 8.22. The van der Waals surface area contributed by atoms with Gasteiger partial charge in [-0.05, 0) is 49.9 Å². The fraction of sp³-hybridized carbons (Fsp3) is 0.476. The van der Waals surface area contributed by atoms with Crippen LogP contribution in [0.5, 0.6) is 5.75 Å². The Labute approximate surface area is 163 Å². The van der Waals surface area contributed by atoms with Crippen molar-refractivity contribution < 1.29 is 13.9 Å². The van der Waals surface area contributed by atoms with Crippen LogP contribution in [0, 0.1) is 17.1 Å². The summed E-state index contributed by atoms with van der Waals surface area (Å²) in [4.78, 5) is 20.6. The molecule has 2 saturated heterocycles. The van der Waals surface area contributed by atoms with Crippen molar-refractivity contribution in [2.24, 2.45) is 0 Å². The predicted octanol–water partition coefficient (Wildman–Crippen LogP) is 2.73. The predicted molar refractivity (Wildman–Crippen MR) is 102 cm³/mol. The lowest BCUT2D eigenvalue weighted by molar-refractivity contribution is -0.132. The van der Waals surface area contributed by atoms with E-state index < -0.39 is 0 Å². The van der Waals surface area contributed by atoms with E-state index in [0.717, 1.165) is 38.8 Å². The molecule has 1 aromatic heterocycles. The molecule has 0 saturated carbocycles. The summed E-state index contributed by atoms with van der Waals surface area (Å²) < 4.78 is 19.7. The number of benzene rings is 1. The van der Waals surface area contributed by atoms with Crippen LogP contribution in [0.1, 0.15) is 25.7 Å². The molecule has 146 valence electrons. The zero-order chi connectivity index (χ0) is 19.5. The Hall–Kier alpha value is -2.72. The summed E-state index contributed by atoms with van der Waals surface area (Å²) in [7, 11) is 0. The van der Waals surface area contributed by atoms with E-state index in [-0.39, 0.29) is 23.9 Å². The topological polar surface area (TPSA) is 69.5 Å². The van der Waals surface area contributed by atoms with Crippen LogP contribution in [-0.4, -0.2) is 59.0 Å². The Morgan fingerprint density at radius 2 is 2.07 bits per heavy atom. The van der Waals surface area contributed by atoms with Crippen LogP contribution in [0.2, 0.25) is 0 Å². The Bertz CT molecular complexity index is 905. The van der Waals surface area contributed by atoms with E-state index in [9.17, 15) is 9.18 Å². The second kappa shape index (κ2) is 8.11. The second-order valence-corrected chi connectivity index (χ2v) is 7.44. The van der Waals surface area contributed by atoms with Crippen LogP contribution in [-0.2, 0) is 4.79 Å². The molecule has 1 unspecified atom stereocenters. The maximum Gasteiger partial charge on any atom is 0.237 e. The summed E-state index contributed by atoms with van der Waals surface area (Å²) in [6.07, 6.45) is 4.98. The van der Waals surface area contributed by atoms with E-state index in [1.165, 1.54) is 12.1 Å². The number of carbonyl (C=O) groups is 1. The molecule has 0 radical (unpaired) electrons. The smallest absolute Gasteiger partial charge is 0.237 e. The maximum atomic E-state index is 13.6. The number of carbonyl (C=O) groups excluding carboxylic acids is 1. The lowest BCUT2D eigenvalue weighted by Crippen LogP contribution is -2.46. The van der Waals surface area contributed by atoms with Crippen molar-refractivity contribution in [2.75, 3.05) is 26.2 Å². The standard InChI is InChI=1S/C21H23FN4O2/c22-15-3-4-19-18(12-15)20(5-8-24-19)28-17-6-10-25(11-7-17)14-21(27)26-9-1-2-16(26)13-23/h3-5,8,12,16-17H,1-2,6-7,9-11,14H2. The molecule has 2 aliphatic heterocycles. The highest BCUT2D eigenvalue weighted by Crippen LogP contribution is 2.27. The van der Waals surface area contributed by atoms with Gasteiger partial charge in [0.15, 0.2) is 0 Å². The van der Waals surface area contributed by atoms with Gasteiger partial charge in [0.05, 0.1) is 18.1 Å². The minimum atomic E-state index is -0.309. The Kier molecular flexibility index (Phi) is 5.40. The minimum absolute atomic E-state index is 0.0267. The number of halogens is 1. The average molecular weight is 382 g/mol. The van der Waals surface area contributed by atoms with Gasteiger partial charge < -0.3 is 9.64 Å². The number of nitrogens with zero attached hydrogens (tertiary/aromatic N) is 4. The van der Waals surface area contributed by atoms with Gasteiger partial charge in [-0.15, -0.1) is 0 Å². The van der Waals surface area contributed by atoms with Crippen LogP contribution in [0.3, 0.4) is 0 Å². The van der Waals surface area contributed by atoms with E-state index in [1.807, 2.05) is 0 Å². The van der Waals surface area contributed by atoms with Crippen molar-refractivity contribution in [3.8, 4) is 11.8 Å². The molecule has 0 spiro atoms. The fourth-order valence-corrected chi connectivity index (χ4v) is 4.04. The van der Waals surface area contributed by atoms with Crippen LogP contribution in [0.15, 0.2) is 30.5 Å². The van der Waals surface area contributed by atoms with Crippen molar-refractivity contribution in [3.05, 3.63) is 36.3 Å². The highest BCUT2D eigenvalue weighted by Gasteiger charge is 2.30. The van der Waals surface area contributed by atoms with E-state index in [4.69, 9.17) is 10.00 Å². The first-order chi connectivity index (χ1) is 13.6. The van der Waals surface area contributed by atoms with Crippen LogP contribution < -0.4 is 4.74 Å². The Morgan fingerprint density at radius 3 is 2.86 bits per heavy atom. The van der Waals surface area contributed by atoms with Gasteiger partial charge in [0.25, 0.3) is 0 Å². The molecule has 1 amide bonds. The van der Waals surface area contributed by atoms with Crippen molar-refractivity contribution in [1.82, 2.24) is 14.8 Å². The molecule has 28 heavy (non-hydrogen) atoms. The molecule has 3 heterocycles. The molecule has 6 nitrogen and oxygen atoms in total. The number of amides is 1. The summed E-state index contributed by atoms with van der Waals surface area (Å²) in [6.45, 7) is 2.56. The van der Waals surface area contributed by atoms with Gasteiger partial charge in [-0.3, -0.25) is 14.7 Å². The second-order valence-electron chi connectivity index (χ2n) is 7.44. The van der Waals surface area contributed by atoms with Crippen molar-refractivity contribution >= 4 is 16.8 Å². The highest BCUT2D eigenvalue weighted by atomic mass is 19.1. The number of aromatic nitrogens is 1. The van der Waals surface area contributed by atoms with Gasteiger partial charge in [-0.25, -0.2) is 4.39 Å². The van der Waals surface area contributed by atoms with Crippen LogP contribution in [0.25, 0.3) is 10.9 Å². The maximum absolute atomic E-state index is 13.6. The number of pyridine rings is 1. The summed E-state index contributed by atoms with van der Waals surface area (Å²) in [5, 5.41) is 9.83. The molecule has 4 rings (SSSR count). The molecule has 2 fully saturated rings. The number of fused-ring (bicyclic) bond motifs is 1. The largest absolute Gasteiger partial charge is 0.490 e. The number of rotatable bonds is 4. The molecular formula is C21H23FN4O2. The average Bonchev–Trinajstić information content (AvgIpc) is 3.19. The monoisotopic (exact) mass is 382 g/mol. The molecule has 2 aromatic rings. The Morgan fingerprint density at radius 1 is 1.25 bits per heavy atom. The molecule has 7 heteroatoms. The normalized spacial score (nSPS) is 21.0.